The van der Waals surface area contributed by atoms with Gasteiger partial charge in [0.25, 0.3) is 0 Å². The van der Waals surface area contributed by atoms with Gasteiger partial charge in [-0.15, -0.1) is 11.3 Å². The molecule has 0 bridgehead atoms. The van der Waals surface area contributed by atoms with Crippen LogP contribution in [0.4, 0.5) is 10.8 Å². The van der Waals surface area contributed by atoms with Crippen molar-refractivity contribution in [1.82, 2.24) is 4.98 Å². The Kier molecular flexibility index (Phi) is 5.11. The van der Waals surface area contributed by atoms with Crippen LogP contribution in [0.1, 0.15) is 5.56 Å². The molecule has 0 fully saturated rings. The molecule has 2 N–H and O–H groups in total. The summed E-state index contributed by atoms with van der Waals surface area (Å²) in [6.07, 6.45) is 2.66. The molecule has 1 aromatic heterocycles. The molecule has 1 heterocycles. The molecular weight excluding hydrogens is 356 g/mol. The Bertz CT molecular complexity index is 983. The lowest BCUT2D eigenvalue weighted by atomic mass is 10.2. The Morgan fingerprint density at radius 3 is 2.56 bits per heavy atom. The van der Waals surface area contributed by atoms with Crippen LogP contribution in [-0.4, -0.2) is 25.9 Å². The standard InChI is InChI=1S/C17H16N4O2S2/c1-25(22,23)21-15-10-6-5-9-14(15)11-18-20-17-19-16(12-24-17)13-7-3-2-4-8-13/h2-12,21H,1H3,(H,19,20). The summed E-state index contributed by atoms with van der Waals surface area (Å²) in [4.78, 5) is 4.48. The minimum atomic E-state index is -3.35. The highest BCUT2D eigenvalue weighted by Crippen LogP contribution is 2.24. The Hall–Kier alpha value is -2.71. The molecule has 0 saturated carbocycles. The molecule has 3 rings (SSSR count). The van der Waals surface area contributed by atoms with Crippen LogP contribution in [-0.2, 0) is 10.0 Å². The van der Waals surface area contributed by atoms with E-state index < -0.39 is 10.0 Å². The molecule has 0 spiro atoms. The molecular formula is C17H16N4O2S2. The maximum Gasteiger partial charge on any atom is 0.229 e. The van der Waals surface area contributed by atoms with Gasteiger partial charge in [-0.2, -0.15) is 5.10 Å². The van der Waals surface area contributed by atoms with Gasteiger partial charge in [-0.3, -0.25) is 10.1 Å². The zero-order chi connectivity index (χ0) is 17.7. The first-order valence-corrected chi connectivity index (χ1v) is 10.2. The van der Waals surface area contributed by atoms with Crippen molar-refractivity contribution >= 4 is 38.4 Å². The quantitative estimate of drug-likeness (QED) is 0.511. The van der Waals surface area contributed by atoms with E-state index in [1.165, 1.54) is 11.3 Å². The molecule has 0 atom stereocenters. The van der Waals surface area contributed by atoms with Crippen molar-refractivity contribution < 1.29 is 8.42 Å². The van der Waals surface area contributed by atoms with E-state index in [9.17, 15) is 8.42 Å². The summed E-state index contributed by atoms with van der Waals surface area (Å²) >= 11 is 1.45. The summed E-state index contributed by atoms with van der Waals surface area (Å²) in [6, 6.07) is 16.9. The number of nitrogens with one attached hydrogen (secondary N) is 2. The second kappa shape index (κ2) is 7.45. The van der Waals surface area contributed by atoms with Gasteiger partial charge in [0.05, 0.1) is 23.9 Å². The Morgan fingerprint density at radius 1 is 1.08 bits per heavy atom. The number of aromatic nitrogens is 1. The molecule has 0 aliphatic rings. The molecule has 0 saturated heterocycles. The third kappa shape index (κ3) is 4.88. The van der Waals surface area contributed by atoms with Gasteiger partial charge < -0.3 is 0 Å². The molecule has 8 heteroatoms. The smallest absolute Gasteiger partial charge is 0.229 e. The second-order valence-electron chi connectivity index (χ2n) is 5.24. The third-order valence-corrected chi connectivity index (χ3v) is 4.53. The van der Waals surface area contributed by atoms with Crippen molar-refractivity contribution in [3.63, 3.8) is 0 Å². The van der Waals surface area contributed by atoms with Gasteiger partial charge >= 0.3 is 0 Å². The summed E-state index contributed by atoms with van der Waals surface area (Å²) in [6.45, 7) is 0. The minimum Gasteiger partial charge on any atom is -0.283 e. The molecule has 0 aliphatic heterocycles. The highest BCUT2D eigenvalue weighted by Gasteiger charge is 2.06. The summed E-state index contributed by atoms with van der Waals surface area (Å²) in [7, 11) is -3.35. The minimum absolute atomic E-state index is 0.472. The van der Waals surface area contributed by atoms with Gasteiger partial charge in [-0.1, -0.05) is 48.5 Å². The molecule has 3 aromatic rings. The zero-order valence-electron chi connectivity index (χ0n) is 13.4. The summed E-state index contributed by atoms with van der Waals surface area (Å²) < 4.78 is 25.3. The van der Waals surface area contributed by atoms with Gasteiger partial charge in [-0.25, -0.2) is 13.4 Å². The lowest BCUT2D eigenvalue weighted by Crippen LogP contribution is -2.11. The first-order valence-electron chi connectivity index (χ1n) is 7.38. The molecule has 0 unspecified atom stereocenters. The van der Waals surface area contributed by atoms with E-state index in [1.807, 2.05) is 41.8 Å². The van der Waals surface area contributed by atoms with Crippen molar-refractivity contribution in [2.45, 2.75) is 0 Å². The maximum atomic E-state index is 11.4. The van der Waals surface area contributed by atoms with Crippen LogP contribution in [0, 0.1) is 0 Å². The fraction of sp³-hybridized carbons (Fsp3) is 0.0588. The van der Waals surface area contributed by atoms with Gasteiger partial charge in [-0.05, 0) is 6.07 Å². The van der Waals surface area contributed by atoms with Crippen LogP contribution >= 0.6 is 11.3 Å². The van der Waals surface area contributed by atoms with Gasteiger partial charge in [0, 0.05) is 16.5 Å². The van der Waals surface area contributed by atoms with Gasteiger partial charge in [0.15, 0.2) is 0 Å². The predicted molar refractivity (Wildman–Crippen MR) is 104 cm³/mol. The highest BCUT2D eigenvalue weighted by atomic mass is 32.2. The number of benzene rings is 2. The van der Waals surface area contributed by atoms with Crippen molar-refractivity contribution in [2.75, 3.05) is 16.4 Å². The van der Waals surface area contributed by atoms with Crippen LogP contribution < -0.4 is 10.1 Å². The summed E-state index contributed by atoms with van der Waals surface area (Å²) in [5, 5.41) is 6.75. The highest BCUT2D eigenvalue weighted by molar-refractivity contribution is 7.92. The van der Waals surface area contributed by atoms with E-state index in [0.29, 0.717) is 16.4 Å². The molecule has 128 valence electrons. The van der Waals surface area contributed by atoms with Crippen LogP contribution in [0.25, 0.3) is 11.3 Å². The van der Waals surface area contributed by atoms with Crippen molar-refractivity contribution in [1.29, 1.82) is 0 Å². The largest absolute Gasteiger partial charge is 0.283 e. The summed E-state index contributed by atoms with van der Waals surface area (Å²) in [5.41, 5.74) is 5.92. The Morgan fingerprint density at radius 2 is 1.80 bits per heavy atom. The number of hydrogen-bond donors (Lipinski definition) is 2. The predicted octanol–water partition coefficient (Wildman–Crippen LogP) is 3.63. The lowest BCUT2D eigenvalue weighted by Gasteiger charge is -2.06. The number of para-hydroxylation sites is 1. The first kappa shape index (κ1) is 17.1. The van der Waals surface area contributed by atoms with Crippen LogP contribution in [0.2, 0.25) is 0 Å². The Labute approximate surface area is 150 Å². The van der Waals surface area contributed by atoms with Crippen molar-refractivity contribution in [3.8, 4) is 11.3 Å². The van der Waals surface area contributed by atoms with E-state index in [-0.39, 0.29) is 0 Å². The zero-order valence-corrected chi connectivity index (χ0v) is 15.0. The SMILES string of the molecule is CS(=O)(=O)Nc1ccccc1C=NNc1nc(-c2ccccc2)cs1. The number of sulfonamides is 1. The summed E-state index contributed by atoms with van der Waals surface area (Å²) in [5.74, 6) is 0. The van der Waals surface area contributed by atoms with Crippen molar-refractivity contribution in [3.05, 3.63) is 65.5 Å². The van der Waals surface area contributed by atoms with Gasteiger partial charge in [0.2, 0.25) is 15.2 Å². The number of nitrogens with zero attached hydrogens (tertiary/aromatic N) is 2. The van der Waals surface area contributed by atoms with E-state index >= 15 is 0 Å². The maximum absolute atomic E-state index is 11.4. The number of rotatable bonds is 6. The van der Waals surface area contributed by atoms with E-state index in [2.05, 4.69) is 20.2 Å². The van der Waals surface area contributed by atoms with E-state index in [0.717, 1.165) is 17.5 Å². The Balaban J connectivity index is 1.71. The number of thiazole rings is 1. The number of hydrazone groups is 1. The van der Waals surface area contributed by atoms with E-state index in [4.69, 9.17) is 0 Å². The molecule has 2 aromatic carbocycles. The average Bonchev–Trinajstić information content (AvgIpc) is 3.05. The van der Waals surface area contributed by atoms with Crippen LogP contribution in [0.3, 0.4) is 0 Å². The monoisotopic (exact) mass is 372 g/mol. The normalized spacial score (nSPS) is 11.6. The topological polar surface area (TPSA) is 83.5 Å². The van der Waals surface area contributed by atoms with Crippen LogP contribution in [0.5, 0.6) is 0 Å². The van der Waals surface area contributed by atoms with Crippen LogP contribution in [0.15, 0.2) is 65.1 Å². The average molecular weight is 372 g/mol. The molecule has 0 aliphatic carbocycles. The van der Waals surface area contributed by atoms with Gasteiger partial charge in [0.1, 0.15) is 0 Å². The number of anilines is 2. The fourth-order valence-electron chi connectivity index (χ4n) is 2.13. The number of hydrogen-bond acceptors (Lipinski definition) is 6. The van der Waals surface area contributed by atoms with E-state index in [1.54, 1.807) is 24.4 Å². The fourth-order valence-corrected chi connectivity index (χ4v) is 3.38. The van der Waals surface area contributed by atoms with Crippen molar-refractivity contribution in [2.24, 2.45) is 5.10 Å². The lowest BCUT2D eigenvalue weighted by molar-refractivity contribution is 0.607. The first-order chi connectivity index (χ1) is 12.0. The molecule has 0 amide bonds. The molecule has 0 radical (unpaired) electrons. The molecule has 25 heavy (non-hydrogen) atoms. The third-order valence-electron chi connectivity index (χ3n) is 3.19. The molecule has 6 nitrogen and oxygen atoms in total. The second-order valence-corrected chi connectivity index (χ2v) is 7.84.